The van der Waals surface area contributed by atoms with E-state index in [1.54, 1.807) is 6.26 Å². The monoisotopic (exact) mass is 269 g/mol. The van der Waals surface area contributed by atoms with E-state index in [-0.39, 0.29) is 12.1 Å². The second-order valence-corrected chi connectivity index (χ2v) is 6.49. The van der Waals surface area contributed by atoms with Gasteiger partial charge in [0.25, 0.3) is 0 Å². The smallest absolute Gasteiger partial charge is 0.114 e. The Kier molecular flexibility index (Phi) is 4.76. The molecule has 1 fully saturated rings. The summed E-state index contributed by atoms with van der Waals surface area (Å²) in [6.07, 6.45) is 6.28. The van der Waals surface area contributed by atoms with Crippen LogP contribution < -0.4 is 5.32 Å². The van der Waals surface area contributed by atoms with E-state index in [1.807, 2.05) is 24.8 Å². The Balaban J connectivity index is 2.00. The quantitative estimate of drug-likeness (QED) is 0.862. The van der Waals surface area contributed by atoms with Crippen molar-refractivity contribution >= 4 is 11.8 Å². The van der Waals surface area contributed by atoms with Gasteiger partial charge in [-0.2, -0.15) is 0 Å². The van der Waals surface area contributed by atoms with Crippen LogP contribution in [0.15, 0.2) is 21.6 Å². The maximum absolute atomic E-state index is 9.68. The van der Waals surface area contributed by atoms with Crippen molar-refractivity contribution < 1.29 is 9.52 Å². The van der Waals surface area contributed by atoms with Gasteiger partial charge >= 0.3 is 0 Å². The van der Waals surface area contributed by atoms with Gasteiger partial charge in [-0.3, -0.25) is 0 Å². The van der Waals surface area contributed by atoms with Gasteiger partial charge in [-0.15, -0.1) is 11.8 Å². The van der Waals surface area contributed by atoms with Gasteiger partial charge in [-0.1, -0.05) is 13.3 Å². The summed E-state index contributed by atoms with van der Waals surface area (Å²) >= 11 is 1.90. The molecule has 4 heteroatoms. The summed E-state index contributed by atoms with van der Waals surface area (Å²) in [7, 11) is 0. The number of nitrogens with one attached hydrogen (secondary N) is 1. The van der Waals surface area contributed by atoms with Crippen LogP contribution in [0.5, 0.6) is 0 Å². The van der Waals surface area contributed by atoms with Crippen molar-refractivity contribution in [3.8, 4) is 0 Å². The maximum Gasteiger partial charge on any atom is 0.114 e. The number of furan rings is 1. The highest BCUT2D eigenvalue weighted by Gasteiger charge is 2.35. The van der Waals surface area contributed by atoms with Crippen LogP contribution in [0.25, 0.3) is 0 Å². The first-order chi connectivity index (χ1) is 8.69. The maximum atomic E-state index is 9.68. The third-order valence-corrected chi connectivity index (χ3v) is 5.17. The van der Waals surface area contributed by atoms with Gasteiger partial charge < -0.3 is 14.8 Å². The van der Waals surface area contributed by atoms with Gasteiger partial charge in [0.1, 0.15) is 5.76 Å². The van der Waals surface area contributed by atoms with Gasteiger partial charge in [0.2, 0.25) is 0 Å². The third kappa shape index (κ3) is 3.11. The molecule has 2 rings (SSSR count). The zero-order valence-electron chi connectivity index (χ0n) is 11.2. The normalized spacial score (nSPS) is 28.5. The molecule has 1 aromatic rings. The van der Waals surface area contributed by atoms with E-state index in [1.165, 1.54) is 17.7 Å². The molecule has 2 atom stereocenters. The highest BCUT2D eigenvalue weighted by atomic mass is 32.2. The van der Waals surface area contributed by atoms with E-state index in [0.717, 1.165) is 25.1 Å². The molecule has 0 radical (unpaired) electrons. The Labute approximate surface area is 113 Å². The molecule has 2 N–H and O–H groups in total. The fourth-order valence-electron chi connectivity index (χ4n) is 2.82. The Morgan fingerprint density at radius 1 is 1.61 bits per heavy atom. The lowest BCUT2D eigenvalue weighted by Crippen LogP contribution is -2.52. The van der Waals surface area contributed by atoms with Crippen LogP contribution in [0.3, 0.4) is 0 Å². The lowest BCUT2D eigenvalue weighted by molar-refractivity contribution is 0.125. The van der Waals surface area contributed by atoms with E-state index in [4.69, 9.17) is 4.42 Å². The second kappa shape index (κ2) is 6.13. The predicted octanol–water partition coefficient (Wildman–Crippen LogP) is 2.96. The molecule has 0 aliphatic heterocycles. The van der Waals surface area contributed by atoms with Gasteiger partial charge in [0, 0.05) is 15.7 Å². The zero-order chi connectivity index (χ0) is 13.0. The van der Waals surface area contributed by atoms with Crippen molar-refractivity contribution in [3.63, 3.8) is 0 Å². The Bertz CT molecular complexity index is 376. The number of rotatable bonds is 5. The molecule has 2 unspecified atom stereocenters. The molecular formula is C14H23NO2S. The van der Waals surface area contributed by atoms with Crippen molar-refractivity contribution in [2.24, 2.45) is 0 Å². The molecule has 1 saturated carbocycles. The SMILES string of the molecule is CCNC1(CO)CCCC(Sc2ccoc2C)C1. The van der Waals surface area contributed by atoms with Crippen LogP contribution in [0.2, 0.25) is 0 Å². The molecular weight excluding hydrogens is 246 g/mol. The fraction of sp³-hybridized carbons (Fsp3) is 0.714. The topological polar surface area (TPSA) is 45.4 Å². The summed E-state index contributed by atoms with van der Waals surface area (Å²) in [6.45, 7) is 5.27. The molecule has 18 heavy (non-hydrogen) atoms. The predicted molar refractivity (Wildman–Crippen MR) is 75.1 cm³/mol. The van der Waals surface area contributed by atoms with Gasteiger partial charge in [-0.25, -0.2) is 0 Å². The fourth-order valence-corrected chi connectivity index (χ4v) is 4.21. The molecule has 0 spiro atoms. The number of aryl methyl sites for hydroxylation is 1. The summed E-state index contributed by atoms with van der Waals surface area (Å²) < 4.78 is 5.35. The van der Waals surface area contributed by atoms with Crippen LogP contribution in [0.1, 0.15) is 38.4 Å². The molecule has 3 nitrogen and oxygen atoms in total. The summed E-state index contributed by atoms with van der Waals surface area (Å²) in [4.78, 5) is 1.24. The third-order valence-electron chi connectivity index (χ3n) is 3.76. The first-order valence-corrected chi connectivity index (χ1v) is 7.64. The Morgan fingerprint density at radius 2 is 2.44 bits per heavy atom. The zero-order valence-corrected chi connectivity index (χ0v) is 12.1. The van der Waals surface area contributed by atoms with Gasteiger partial charge in [0.15, 0.2) is 0 Å². The summed E-state index contributed by atoms with van der Waals surface area (Å²) in [5.74, 6) is 1.00. The standard InChI is InChI=1S/C14H23NO2S/c1-3-15-14(10-16)7-4-5-12(9-14)18-13-6-8-17-11(13)2/h6,8,12,15-16H,3-5,7,9-10H2,1-2H3. The number of likely N-dealkylation sites (N-methyl/N-ethyl adjacent to an activating group) is 1. The molecule has 0 bridgehead atoms. The van der Waals surface area contributed by atoms with Crippen molar-refractivity contribution in [1.82, 2.24) is 5.32 Å². The Hall–Kier alpha value is -0.450. The molecule has 1 aliphatic rings. The van der Waals surface area contributed by atoms with Crippen LogP contribution in [-0.4, -0.2) is 29.0 Å². The van der Waals surface area contributed by atoms with Gasteiger partial charge in [0.05, 0.1) is 12.9 Å². The van der Waals surface area contributed by atoms with Gasteiger partial charge in [-0.05, 0) is 38.8 Å². The summed E-state index contributed by atoms with van der Waals surface area (Å²) in [5, 5.41) is 13.7. The number of aliphatic hydroxyl groups excluding tert-OH is 1. The minimum absolute atomic E-state index is 0.0672. The highest BCUT2D eigenvalue weighted by molar-refractivity contribution is 8.00. The van der Waals surface area contributed by atoms with Crippen molar-refractivity contribution in [2.45, 2.75) is 55.2 Å². The highest BCUT2D eigenvalue weighted by Crippen LogP contribution is 2.39. The number of aliphatic hydroxyl groups is 1. The molecule has 0 saturated heterocycles. The molecule has 0 amide bonds. The molecule has 0 aromatic carbocycles. The van der Waals surface area contributed by atoms with Crippen LogP contribution in [0, 0.1) is 6.92 Å². The summed E-state index contributed by atoms with van der Waals surface area (Å²) in [5.41, 5.74) is -0.0672. The van der Waals surface area contributed by atoms with E-state index >= 15 is 0 Å². The second-order valence-electron chi connectivity index (χ2n) is 5.15. The average molecular weight is 269 g/mol. The van der Waals surface area contributed by atoms with Crippen LogP contribution in [-0.2, 0) is 0 Å². The lowest BCUT2D eigenvalue weighted by atomic mass is 9.82. The van der Waals surface area contributed by atoms with Crippen LogP contribution >= 0.6 is 11.8 Å². The van der Waals surface area contributed by atoms with Crippen molar-refractivity contribution in [1.29, 1.82) is 0 Å². The number of hydrogen-bond acceptors (Lipinski definition) is 4. The molecule has 102 valence electrons. The van der Waals surface area contributed by atoms with E-state index in [0.29, 0.717) is 5.25 Å². The molecule has 1 heterocycles. The van der Waals surface area contributed by atoms with E-state index < -0.39 is 0 Å². The number of thioether (sulfide) groups is 1. The average Bonchev–Trinajstić information content (AvgIpc) is 2.76. The minimum Gasteiger partial charge on any atom is -0.468 e. The molecule has 1 aliphatic carbocycles. The Morgan fingerprint density at radius 3 is 3.06 bits per heavy atom. The van der Waals surface area contributed by atoms with Crippen molar-refractivity contribution in [2.75, 3.05) is 13.2 Å². The van der Waals surface area contributed by atoms with Crippen LogP contribution in [0.4, 0.5) is 0 Å². The first-order valence-electron chi connectivity index (χ1n) is 6.76. The van der Waals surface area contributed by atoms with E-state index in [2.05, 4.69) is 12.2 Å². The van der Waals surface area contributed by atoms with Crippen molar-refractivity contribution in [3.05, 3.63) is 18.1 Å². The minimum atomic E-state index is -0.0672. The number of hydrogen-bond donors (Lipinski definition) is 2. The largest absolute Gasteiger partial charge is 0.468 e. The first kappa shape index (κ1) is 14.0. The lowest BCUT2D eigenvalue weighted by Gasteiger charge is -2.40. The summed E-state index contributed by atoms with van der Waals surface area (Å²) in [6, 6.07) is 2.04. The van der Waals surface area contributed by atoms with E-state index in [9.17, 15) is 5.11 Å². The molecule has 1 aromatic heterocycles.